The van der Waals surface area contributed by atoms with Gasteiger partial charge in [0.15, 0.2) is 0 Å². The molecule has 0 N–H and O–H groups in total. The molecule has 0 unspecified atom stereocenters. The minimum absolute atomic E-state index is 0. The monoisotopic (exact) mass is 135 g/mol. The predicted molar refractivity (Wildman–Crippen MR) is 29.9 cm³/mol. The smallest absolute Gasteiger partial charge is 0.498 e. The minimum Gasteiger partial charge on any atom is -0.498 e. The Morgan fingerprint density at radius 1 is 1.62 bits per heavy atom. The molecule has 0 aromatic rings. The fraction of sp³-hybridized carbons (Fsp3) is 0.667. The van der Waals surface area contributed by atoms with Gasteiger partial charge in [0, 0.05) is 0 Å². The molecule has 0 aromatic heterocycles. The second-order valence-electron chi connectivity index (χ2n) is 1.92. The van der Waals surface area contributed by atoms with Gasteiger partial charge in [0.2, 0.25) is 0 Å². The first-order valence-electron chi connectivity index (χ1n) is 2.63. The van der Waals surface area contributed by atoms with Crippen LogP contribution in [0.2, 0.25) is 0 Å². The van der Waals surface area contributed by atoms with E-state index in [0.29, 0.717) is 0 Å². The Kier molecular flexibility index (Phi) is 6.01. The van der Waals surface area contributed by atoms with Gasteiger partial charge in [-0.25, -0.2) is 0 Å². The molecule has 1 heterocycles. The average molecular weight is 135 g/mol. The summed E-state index contributed by atoms with van der Waals surface area (Å²) in [5, 5.41) is 0. The first kappa shape index (κ1) is 9.34. The van der Waals surface area contributed by atoms with Crippen LogP contribution in [0, 0.1) is 6.08 Å². The van der Waals surface area contributed by atoms with Gasteiger partial charge in [-0.15, -0.1) is 0 Å². The molecular weight excluding hydrogens is 125 g/mol. The Balaban J connectivity index is 0.000000490. The topological polar surface area (TPSA) is 3.24 Å². The maximum atomic E-state index is 3.15. The Morgan fingerprint density at radius 2 is 2.38 bits per heavy atom. The zero-order valence-electron chi connectivity index (χ0n) is 5.65. The van der Waals surface area contributed by atoms with E-state index in [-0.39, 0.29) is 51.4 Å². The van der Waals surface area contributed by atoms with Gasteiger partial charge in [-0.05, 0) is 20.1 Å². The summed E-state index contributed by atoms with van der Waals surface area (Å²) in [5.41, 5.74) is 0. The standard InChI is InChI=1S/C6H10N.K/c1-7-5-3-2-4-6-7;/h3H,4-6H2,1H3;/q-1;+1. The molecule has 0 saturated heterocycles. The molecule has 0 bridgehead atoms. The predicted octanol–water partition coefficient (Wildman–Crippen LogP) is -2.31. The summed E-state index contributed by atoms with van der Waals surface area (Å²) >= 11 is 0. The van der Waals surface area contributed by atoms with Crippen LogP contribution in [0.3, 0.4) is 0 Å². The first-order chi connectivity index (χ1) is 3.39. The Labute approximate surface area is 93.6 Å². The third kappa shape index (κ3) is 3.38. The van der Waals surface area contributed by atoms with Gasteiger partial charge in [0.25, 0.3) is 0 Å². The summed E-state index contributed by atoms with van der Waals surface area (Å²) in [6, 6.07) is 0. The van der Waals surface area contributed by atoms with Crippen molar-refractivity contribution in [3.63, 3.8) is 0 Å². The molecule has 1 aliphatic rings. The van der Waals surface area contributed by atoms with E-state index in [1.807, 2.05) is 0 Å². The molecule has 40 valence electrons. The molecule has 0 fully saturated rings. The molecule has 0 saturated carbocycles. The molecule has 1 rings (SSSR count). The van der Waals surface area contributed by atoms with Gasteiger partial charge in [-0.3, -0.25) is 6.08 Å². The number of hydrogen-bond donors (Lipinski definition) is 0. The van der Waals surface area contributed by atoms with Crippen LogP contribution in [-0.2, 0) is 0 Å². The van der Waals surface area contributed by atoms with E-state index in [9.17, 15) is 0 Å². The molecule has 0 radical (unpaired) electrons. The van der Waals surface area contributed by atoms with Crippen molar-refractivity contribution < 1.29 is 51.4 Å². The van der Waals surface area contributed by atoms with Crippen LogP contribution in [0.4, 0.5) is 0 Å². The van der Waals surface area contributed by atoms with Gasteiger partial charge in [-0.2, -0.15) is 6.42 Å². The molecule has 0 spiro atoms. The van der Waals surface area contributed by atoms with Crippen LogP contribution in [-0.4, -0.2) is 25.0 Å². The second kappa shape index (κ2) is 5.15. The van der Waals surface area contributed by atoms with Gasteiger partial charge in [-0.1, -0.05) is 0 Å². The fourth-order valence-electron chi connectivity index (χ4n) is 0.669. The SMILES string of the molecule is CN1CC=[C-]CC1.[K+]. The maximum Gasteiger partial charge on any atom is 1.00 e. The second-order valence-corrected chi connectivity index (χ2v) is 1.92. The van der Waals surface area contributed by atoms with Crippen molar-refractivity contribution in [2.45, 2.75) is 6.42 Å². The van der Waals surface area contributed by atoms with Crippen molar-refractivity contribution >= 4 is 0 Å². The summed E-state index contributed by atoms with van der Waals surface area (Å²) in [6.45, 7) is 2.26. The summed E-state index contributed by atoms with van der Waals surface area (Å²) in [5.74, 6) is 0. The van der Waals surface area contributed by atoms with Crippen molar-refractivity contribution in [3.8, 4) is 0 Å². The van der Waals surface area contributed by atoms with E-state index < -0.39 is 0 Å². The number of rotatable bonds is 0. The van der Waals surface area contributed by atoms with E-state index in [1.165, 1.54) is 6.54 Å². The Morgan fingerprint density at radius 3 is 2.62 bits per heavy atom. The maximum absolute atomic E-state index is 3.15. The Bertz CT molecular complexity index is 80.6. The van der Waals surface area contributed by atoms with Crippen molar-refractivity contribution in [1.29, 1.82) is 0 Å². The van der Waals surface area contributed by atoms with Crippen LogP contribution >= 0.6 is 0 Å². The van der Waals surface area contributed by atoms with Gasteiger partial charge >= 0.3 is 51.4 Å². The van der Waals surface area contributed by atoms with Crippen LogP contribution in [0.25, 0.3) is 0 Å². The minimum atomic E-state index is 0. The van der Waals surface area contributed by atoms with Crippen LogP contribution < -0.4 is 51.4 Å². The zero-order valence-corrected chi connectivity index (χ0v) is 8.77. The van der Waals surface area contributed by atoms with Gasteiger partial charge in [0.1, 0.15) is 0 Å². The molecule has 0 aliphatic carbocycles. The molecule has 1 aliphatic heterocycles. The summed E-state index contributed by atoms with van der Waals surface area (Å²) < 4.78 is 0. The van der Waals surface area contributed by atoms with E-state index >= 15 is 0 Å². The van der Waals surface area contributed by atoms with Crippen LogP contribution in [0.15, 0.2) is 6.08 Å². The molecular formula is C6H10KN. The third-order valence-electron chi connectivity index (χ3n) is 1.19. The van der Waals surface area contributed by atoms with E-state index in [4.69, 9.17) is 0 Å². The number of likely N-dealkylation sites (N-methyl/N-ethyl adjacent to an activating group) is 1. The average Bonchev–Trinajstić information content (AvgIpc) is 1.69. The largest absolute Gasteiger partial charge is 1.00 e. The van der Waals surface area contributed by atoms with Crippen molar-refractivity contribution in [1.82, 2.24) is 4.90 Å². The van der Waals surface area contributed by atoms with Gasteiger partial charge in [0.05, 0.1) is 0 Å². The molecule has 2 heteroatoms. The molecule has 0 amide bonds. The molecule has 0 atom stereocenters. The number of nitrogens with zero attached hydrogens (tertiary/aromatic N) is 1. The molecule has 0 aromatic carbocycles. The van der Waals surface area contributed by atoms with E-state index in [2.05, 4.69) is 24.1 Å². The fourth-order valence-corrected chi connectivity index (χ4v) is 0.669. The van der Waals surface area contributed by atoms with Crippen LogP contribution in [0.5, 0.6) is 0 Å². The van der Waals surface area contributed by atoms with E-state index in [1.54, 1.807) is 0 Å². The third-order valence-corrected chi connectivity index (χ3v) is 1.19. The quantitative estimate of drug-likeness (QED) is 0.266. The normalized spacial score (nSPS) is 20.1. The zero-order chi connectivity index (χ0) is 5.11. The number of hydrogen-bond acceptors (Lipinski definition) is 1. The van der Waals surface area contributed by atoms with Crippen molar-refractivity contribution in [3.05, 3.63) is 12.2 Å². The molecule has 8 heavy (non-hydrogen) atoms. The summed E-state index contributed by atoms with van der Waals surface area (Å²) in [7, 11) is 2.12. The summed E-state index contributed by atoms with van der Waals surface area (Å²) in [6.07, 6.45) is 6.34. The van der Waals surface area contributed by atoms with Crippen molar-refractivity contribution in [2.24, 2.45) is 0 Å². The Hall–Kier alpha value is 1.34. The summed E-state index contributed by atoms with van der Waals surface area (Å²) in [4.78, 5) is 2.27. The van der Waals surface area contributed by atoms with Gasteiger partial charge < -0.3 is 11.0 Å². The molecule has 1 nitrogen and oxygen atoms in total. The first-order valence-corrected chi connectivity index (χ1v) is 2.63. The van der Waals surface area contributed by atoms with Crippen LogP contribution in [0.1, 0.15) is 6.42 Å². The van der Waals surface area contributed by atoms with E-state index in [0.717, 1.165) is 13.0 Å². The van der Waals surface area contributed by atoms with Crippen molar-refractivity contribution in [2.75, 3.05) is 20.1 Å².